The second-order valence-electron chi connectivity index (χ2n) is 7.90. The van der Waals surface area contributed by atoms with Crippen LogP contribution in [0.3, 0.4) is 0 Å². The lowest BCUT2D eigenvalue weighted by atomic mass is 10.1. The number of hydrogen-bond acceptors (Lipinski definition) is 5. The normalized spacial score (nSPS) is 14.5. The molecule has 12 heteroatoms. The molecule has 1 heterocycles. The summed E-state index contributed by atoms with van der Waals surface area (Å²) in [6, 6.07) is 17.1. The number of hydrogen-bond donors (Lipinski definition) is 1. The van der Waals surface area contributed by atoms with Crippen LogP contribution in [0.5, 0.6) is 0 Å². The number of ether oxygens (including phenoxy) is 1. The van der Waals surface area contributed by atoms with Crippen LogP contribution in [0.25, 0.3) is 0 Å². The molecule has 0 aliphatic carbocycles. The van der Waals surface area contributed by atoms with Gasteiger partial charge in [0.15, 0.2) is 0 Å². The molecular formula is C25H19Cl6N3O3. The standard InChI is InChI=1S/C25H19Cl6N3O3/c26-17-4-1-15(2-5-17)23(36-13-16-3-6-18(27)11-21(16)29)24(31)33-9-10-34(14-33)37-25(35)32-19-7-8-20(28)22(30)12-19/h1-12,23-24H,13-14H2,(H,32,35). The highest BCUT2D eigenvalue weighted by atomic mass is 35.5. The van der Waals surface area contributed by atoms with Crippen molar-refractivity contribution in [1.82, 2.24) is 9.96 Å². The number of nitrogens with zero attached hydrogens (tertiary/aromatic N) is 2. The molecule has 0 saturated carbocycles. The molecule has 6 nitrogen and oxygen atoms in total. The SMILES string of the molecule is O=C(Nc1ccc(Cl)c(Cl)c1)ON1C=CN(C(Cl)C(OCc2ccc(Cl)cc2Cl)c2ccc(Cl)cc2)C1. The number of rotatable bonds is 8. The minimum atomic E-state index is -0.709. The molecule has 3 aromatic rings. The third kappa shape index (κ3) is 7.52. The topological polar surface area (TPSA) is 54.0 Å². The van der Waals surface area contributed by atoms with E-state index >= 15 is 0 Å². The summed E-state index contributed by atoms with van der Waals surface area (Å²) in [4.78, 5) is 19.5. The number of hydroxylamine groups is 2. The Morgan fingerprint density at radius 2 is 1.59 bits per heavy atom. The van der Waals surface area contributed by atoms with Crippen molar-refractivity contribution in [2.24, 2.45) is 0 Å². The molecule has 0 bridgehead atoms. The van der Waals surface area contributed by atoms with Crippen LogP contribution in [0.2, 0.25) is 25.1 Å². The summed E-state index contributed by atoms with van der Waals surface area (Å²) in [5.41, 5.74) is 1.33. The first-order chi connectivity index (χ1) is 17.7. The third-order valence-corrected chi connectivity index (χ3v) is 7.35. The predicted octanol–water partition coefficient (Wildman–Crippen LogP) is 8.99. The molecule has 0 saturated heterocycles. The van der Waals surface area contributed by atoms with Gasteiger partial charge in [-0.3, -0.25) is 5.32 Å². The maximum Gasteiger partial charge on any atom is 0.436 e. The van der Waals surface area contributed by atoms with Crippen molar-refractivity contribution in [3.05, 3.63) is 109 Å². The van der Waals surface area contributed by atoms with Crippen molar-refractivity contribution in [3.8, 4) is 0 Å². The van der Waals surface area contributed by atoms with Gasteiger partial charge in [-0.05, 0) is 53.6 Å². The van der Waals surface area contributed by atoms with Gasteiger partial charge in [0.1, 0.15) is 18.3 Å². The molecule has 194 valence electrons. The van der Waals surface area contributed by atoms with Crippen LogP contribution in [-0.2, 0) is 16.2 Å². The molecule has 37 heavy (non-hydrogen) atoms. The molecule has 0 aromatic heterocycles. The monoisotopic (exact) mass is 619 g/mol. The van der Waals surface area contributed by atoms with Gasteiger partial charge in [0.05, 0.1) is 22.9 Å². The Kier molecular flexibility index (Phi) is 9.59. The van der Waals surface area contributed by atoms with Crippen LogP contribution in [0.4, 0.5) is 10.5 Å². The lowest BCUT2D eigenvalue weighted by Crippen LogP contribution is -2.36. The molecule has 0 fully saturated rings. The molecule has 4 rings (SSSR count). The van der Waals surface area contributed by atoms with E-state index in [0.717, 1.165) is 11.1 Å². The highest BCUT2D eigenvalue weighted by Gasteiger charge is 2.30. The average Bonchev–Trinajstić information content (AvgIpc) is 3.32. The molecule has 2 unspecified atom stereocenters. The number of benzene rings is 3. The number of amides is 1. The molecule has 3 aromatic carbocycles. The Labute approximate surface area is 244 Å². The van der Waals surface area contributed by atoms with Crippen molar-refractivity contribution in [1.29, 1.82) is 0 Å². The van der Waals surface area contributed by atoms with Crippen LogP contribution >= 0.6 is 69.6 Å². The number of halogens is 6. The minimum absolute atomic E-state index is 0.165. The van der Waals surface area contributed by atoms with Gasteiger partial charge < -0.3 is 14.5 Å². The number of anilines is 1. The summed E-state index contributed by atoms with van der Waals surface area (Å²) >= 11 is 37.2. The highest BCUT2D eigenvalue weighted by Crippen LogP contribution is 2.33. The lowest BCUT2D eigenvalue weighted by molar-refractivity contribution is -0.0729. The zero-order valence-corrected chi connectivity index (χ0v) is 23.4. The van der Waals surface area contributed by atoms with E-state index in [1.807, 2.05) is 12.1 Å². The Morgan fingerprint density at radius 3 is 2.30 bits per heavy atom. The van der Waals surface area contributed by atoms with Crippen LogP contribution in [0.15, 0.2) is 73.1 Å². The van der Waals surface area contributed by atoms with E-state index in [1.54, 1.807) is 59.8 Å². The smallest absolute Gasteiger partial charge is 0.365 e. The molecule has 0 radical (unpaired) electrons. The van der Waals surface area contributed by atoms with Gasteiger partial charge in [0, 0.05) is 27.0 Å². The minimum Gasteiger partial charge on any atom is -0.365 e. The van der Waals surface area contributed by atoms with Gasteiger partial charge in [-0.1, -0.05) is 87.8 Å². The fourth-order valence-corrected chi connectivity index (χ4v) is 4.67. The molecular weight excluding hydrogens is 603 g/mol. The summed E-state index contributed by atoms with van der Waals surface area (Å²) in [5.74, 6) is 0. The molecule has 1 aliphatic heterocycles. The highest BCUT2D eigenvalue weighted by molar-refractivity contribution is 6.42. The van der Waals surface area contributed by atoms with Crippen molar-refractivity contribution in [3.63, 3.8) is 0 Å². The van der Waals surface area contributed by atoms with Crippen molar-refractivity contribution in [2.45, 2.75) is 18.2 Å². The maximum absolute atomic E-state index is 12.3. The van der Waals surface area contributed by atoms with Gasteiger partial charge >= 0.3 is 6.09 Å². The lowest BCUT2D eigenvalue weighted by Gasteiger charge is -2.31. The fourth-order valence-electron chi connectivity index (χ4n) is 3.43. The largest absolute Gasteiger partial charge is 0.436 e. The van der Waals surface area contributed by atoms with Crippen molar-refractivity contribution >= 4 is 81.4 Å². The van der Waals surface area contributed by atoms with Gasteiger partial charge in [-0.2, -0.15) is 5.06 Å². The predicted molar refractivity (Wildman–Crippen MR) is 149 cm³/mol. The average molecular weight is 622 g/mol. The van der Waals surface area contributed by atoms with Crippen molar-refractivity contribution in [2.75, 3.05) is 12.0 Å². The summed E-state index contributed by atoms with van der Waals surface area (Å²) in [6.45, 7) is 0.356. The zero-order chi connectivity index (χ0) is 26.5. The maximum atomic E-state index is 12.3. The van der Waals surface area contributed by atoms with E-state index in [2.05, 4.69) is 5.32 Å². The first-order valence-corrected chi connectivity index (χ1v) is 13.1. The van der Waals surface area contributed by atoms with Crippen LogP contribution in [-0.4, -0.2) is 28.2 Å². The van der Waals surface area contributed by atoms with Gasteiger partial charge in [-0.25, -0.2) is 4.79 Å². The number of alkyl halides is 1. The molecule has 2 atom stereocenters. The van der Waals surface area contributed by atoms with Gasteiger partial charge in [0.25, 0.3) is 0 Å². The van der Waals surface area contributed by atoms with Crippen LogP contribution < -0.4 is 5.32 Å². The summed E-state index contributed by atoms with van der Waals surface area (Å²) in [7, 11) is 0. The Balaban J connectivity index is 1.41. The summed E-state index contributed by atoms with van der Waals surface area (Å²) in [5, 5.41) is 6.22. The summed E-state index contributed by atoms with van der Waals surface area (Å²) < 4.78 is 6.23. The number of carbonyl (C=O) groups excluding carboxylic acids is 1. The third-order valence-electron chi connectivity index (χ3n) is 5.29. The zero-order valence-electron chi connectivity index (χ0n) is 18.9. The number of nitrogens with one attached hydrogen (secondary N) is 1. The van der Waals surface area contributed by atoms with Crippen LogP contribution in [0.1, 0.15) is 17.2 Å². The van der Waals surface area contributed by atoms with E-state index in [4.69, 9.17) is 79.2 Å². The van der Waals surface area contributed by atoms with E-state index in [-0.39, 0.29) is 13.3 Å². The van der Waals surface area contributed by atoms with Crippen molar-refractivity contribution < 1.29 is 14.4 Å². The Bertz CT molecular complexity index is 1290. The first kappa shape index (κ1) is 28.0. The van der Waals surface area contributed by atoms with E-state index in [9.17, 15) is 4.79 Å². The van der Waals surface area contributed by atoms with Gasteiger partial charge in [0.2, 0.25) is 0 Å². The second kappa shape index (κ2) is 12.7. The molecule has 1 aliphatic rings. The van der Waals surface area contributed by atoms with Gasteiger partial charge in [-0.15, -0.1) is 0 Å². The van der Waals surface area contributed by atoms with E-state index < -0.39 is 17.7 Å². The Hall–Kier alpha value is -2.03. The van der Waals surface area contributed by atoms with E-state index in [0.29, 0.717) is 30.8 Å². The second-order valence-corrected chi connectivity index (χ2v) is 10.4. The number of carbonyl (C=O) groups is 1. The molecule has 1 N–H and O–H groups in total. The fraction of sp³-hybridized carbons (Fsp3) is 0.160. The summed E-state index contributed by atoms with van der Waals surface area (Å²) in [6.07, 6.45) is 1.99. The molecule has 1 amide bonds. The van der Waals surface area contributed by atoms with E-state index in [1.165, 1.54) is 11.1 Å². The molecule has 0 spiro atoms. The van der Waals surface area contributed by atoms with Crippen LogP contribution in [0, 0.1) is 0 Å². The Morgan fingerprint density at radius 1 is 0.865 bits per heavy atom. The quantitative estimate of drug-likeness (QED) is 0.201. The first-order valence-electron chi connectivity index (χ1n) is 10.8.